The molecule has 2 atom stereocenters. The molecule has 0 amide bonds. The fraction of sp³-hybridized carbons (Fsp3) is 1.00. The summed E-state index contributed by atoms with van der Waals surface area (Å²) in [6.07, 6.45) is 3.49. The van der Waals surface area contributed by atoms with E-state index in [1.807, 2.05) is 13.8 Å². The summed E-state index contributed by atoms with van der Waals surface area (Å²) in [6, 6.07) is 0. The van der Waals surface area contributed by atoms with Crippen molar-refractivity contribution in [2.24, 2.45) is 11.8 Å². The van der Waals surface area contributed by atoms with Gasteiger partial charge in [0.2, 0.25) is 10.0 Å². The van der Waals surface area contributed by atoms with Crippen LogP contribution in [0.3, 0.4) is 0 Å². The third-order valence-electron chi connectivity index (χ3n) is 3.24. The minimum absolute atomic E-state index is 0.104. The van der Waals surface area contributed by atoms with E-state index in [9.17, 15) is 13.5 Å². The molecule has 102 valence electrons. The first-order chi connectivity index (χ1) is 7.72. The van der Waals surface area contributed by atoms with E-state index < -0.39 is 15.6 Å². The Morgan fingerprint density at radius 1 is 1.47 bits per heavy atom. The molecule has 4 nitrogen and oxygen atoms in total. The topological polar surface area (TPSA) is 66.4 Å². The molecule has 2 N–H and O–H groups in total. The SMILES string of the molecule is CC(C)CS(=O)(=O)NCC1(O)CCCC(C)C1. The highest BCUT2D eigenvalue weighted by Gasteiger charge is 2.33. The summed E-state index contributed by atoms with van der Waals surface area (Å²) in [5, 5.41) is 10.3. The molecule has 0 aromatic heterocycles. The summed E-state index contributed by atoms with van der Waals surface area (Å²) in [6.45, 7) is 6.01. The van der Waals surface area contributed by atoms with Crippen LogP contribution in [0.4, 0.5) is 0 Å². The molecule has 1 saturated carbocycles. The number of nitrogens with one attached hydrogen (secondary N) is 1. The Bertz CT molecular complexity index is 340. The van der Waals surface area contributed by atoms with Crippen molar-refractivity contribution in [2.45, 2.75) is 52.1 Å². The van der Waals surface area contributed by atoms with Gasteiger partial charge in [0.15, 0.2) is 0 Å². The van der Waals surface area contributed by atoms with Crippen molar-refractivity contribution in [2.75, 3.05) is 12.3 Å². The molecule has 17 heavy (non-hydrogen) atoms. The van der Waals surface area contributed by atoms with Crippen molar-refractivity contribution in [1.82, 2.24) is 4.72 Å². The van der Waals surface area contributed by atoms with E-state index in [1.54, 1.807) is 0 Å². The fourth-order valence-corrected chi connectivity index (χ4v) is 4.02. The largest absolute Gasteiger partial charge is 0.389 e. The zero-order valence-corrected chi connectivity index (χ0v) is 11.9. The van der Waals surface area contributed by atoms with Gasteiger partial charge in [-0.25, -0.2) is 13.1 Å². The highest BCUT2D eigenvalue weighted by Crippen LogP contribution is 2.31. The van der Waals surface area contributed by atoms with Gasteiger partial charge in [-0.1, -0.05) is 33.6 Å². The smallest absolute Gasteiger partial charge is 0.211 e. The predicted molar refractivity (Wildman–Crippen MR) is 69.2 cm³/mol. The van der Waals surface area contributed by atoms with Gasteiger partial charge in [0.05, 0.1) is 11.4 Å². The van der Waals surface area contributed by atoms with Gasteiger partial charge < -0.3 is 5.11 Å². The van der Waals surface area contributed by atoms with Crippen molar-refractivity contribution in [3.05, 3.63) is 0 Å². The van der Waals surface area contributed by atoms with Gasteiger partial charge in [0.25, 0.3) is 0 Å². The number of hydrogen-bond acceptors (Lipinski definition) is 3. The lowest BCUT2D eigenvalue weighted by Crippen LogP contribution is -2.46. The number of hydrogen-bond donors (Lipinski definition) is 2. The molecule has 0 aromatic rings. The lowest BCUT2D eigenvalue weighted by molar-refractivity contribution is -0.00752. The summed E-state index contributed by atoms with van der Waals surface area (Å²) in [5.41, 5.74) is -0.846. The van der Waals surface area contributed by atoms with E-state index >= 15 is 0 Å². The molecule has 1 aliphatic carbocycles. The van der Waals surface area contributed by atoms with Crippen LogP contribution in [0, 0.1) is 11.8 Å². The van der Waals surface area contributed by atoms with Crippen LogP contribution in [-0.2, 0) is 10.0 Å². The van der Waals surface area contributed by atoms with Crippen LogP contribution in [0.25, 0.3) is 0 Å². The molecular formula is C12H25NO3S. The minimum Gasteiger partial charge on any atom is -0.389 e. The monoisotopic (exact) mass is 263 g/mol. The Hall–Kier alpha value is -0.130. The number of aliphatic hydroxyl groups is 1. The average molecular weight is 263 g/mol. The first kappa shape index (κ1) is 14.9. The van der Waals surface area contributed by atoms with E-state index in [0.717, 1.165) is 12.8 Å². The van der Waals surface area contributed by atoms with Crippen molar-refractivity contribution in [3.8, 4) is 0 Å². The van der Waals surface area contributed by atoms with Gasteiger partial charge in [-0.3, -0.25) is 0 Å². The second kappa shape index (κ2) is 5.67. The standard InChI is InChI=1S/C12H25NO3S/c1-10(2)8-17(15,16)13-9-12(14)6-4-5-11(3)7-12/h10-11,13-14H,4-9H2,1-3H3. The van der Waals surface area contributed by atoms with E-state index in [0.29, 0.717) is 18.8 Å². The average Bonchev–Trinajstić information content (AvgIpc) is 2.13. The normalized spacial score (nSPS) is 30.8. The molecule has 1 fully saturated rings. The lowest BCUT2D eigenvalue weighted by Gasteiger charge is -2.35. The van der Waals surface area contributed by atoms with Crippen molar-refractivity contribution < 1.29 is 13.5 Å². The van der Waals surface area contributed by atoms with E-state index in [1.165, 1.54) is 0 Å². The van der Waals surface area contributed by atoms with Crippen molar-refractivity contribution in [3.63, 3.8) is 0 Å². The van der Waals surface area contributed by atoms with Crippen LogP contribution < -0.4 is 4.72 Å². The molecule has 0 heterocycles. The third-order valence-corrected chi connectivity index (χ3v) is 4.93. The first-order valence-corrected chi connectivity index (χ1v) is 8.07. The lowest BCUT2D eigenvalue weighted by atomic mass is 9.79. The van der Waals surface area contributed by atoms with E-state index in [4.69, 9.17) is 0 Å². The number of sulfonamides is 1. The van der Waals surface area contributed by atoms with Gasteiger partial charge in [-0.05, 0) is 24.7 Å². The highest BCUT2D eigenvalue weighted by molar-refractivity contribution is 7.89. The summed E-state index contributed by atoms with van der Waals surface area (Å²) >= 11 is 0. The van der Waals surface area contributed by atoms with Crippen LogP contribution >= 0.6 is 0 Å². The summed E-state index contributed by atoms with van der Waals surface area (Å²) in [7, 11) is -3.25. The Labute approximate surface area is 105 Å². The molecule has 0 saturated heterocycles. The van der Waals surface area contributed by atoms with Gasteiger partial charge >= 0.3 is 0 Å². The maximum atomic E-state index is 11.7. The number of rotatable bonds is 5. The predicted octanol–water partition coefficient (Wildman–Crippen LogP) is 1.50. The maximum absolute atomic E-state index is 11.7. The second-order valence-corrected chi connectivity index (χ2v) is 7.77. The molecule has 0 radical (unpaired) electrons. The van der Waals surface area contributed by atoms with Crippen LogP contribution in [0.2, 0.25) is 0 Å². The summed E-state index contributed by atoms with van der Waals surface area (Å²) in [4.78, 5) is 0. The molecule has 1 rings (SSSR count). The van der Waals surface area contributed by atoms with Crippen LogP contribution in [0.15, 0.2) is 0 Å². The van der Waals surface area contributed by atoms with Crippen molar-refractivity contribution in [1.29, 1.82) is 0 Å². The molecule has 5 heteroatoms. The molecule has 0 aromatic carbocycles. The zero-order chi connectivity index (χ0) is 13.1. The van der Waals surface area contributed by atoms with Crippen molar-refractivity contribution >= 4 is 10.0 Å². The molecule has 0 bridgehead atoms. The van der Waals surface area contributed by atoms with Crippen LogP contribution in [0.1, 0.15) is 46.5 Å². The van der Waals surface area contributed by atoms with E-state index in [-0.39, 0.29) is 18.2 Å². The van der Waals surface area contributed by atoms with E-state index in [2.05, 4.69) is 11.6 Å². The Morgan fingerprint density at radius 3 is 2.65 bits per heavy atom. The summed E-state index contributed by atoms with van der Waals surface area (Å²) < 4.78 is 25.9. The Balaban J connectivity index is 2.49. The fourth-order valence-electron chi connectivity index (χ4n) is 2.53. The summed E-state index contributed by atoms with van der Waals surface area (Å²) in [5.74, 6) is 0.703. The molecule has 2 unspecified atom stereocenters. The zero-order valence-electron chi connectivity index (χ0n) is 11.1. The Kier molecular flexibility index (Phi) is 4.98. The quantitative estimate of drug-likeness (QED) is 0.790. The molecular weight excluding hydrogens is 238 g/mol. The first-order valence-electron chi connectivity index (χ1n) is 6.42. The van der Waals surface area contributed by atoms with Crippen LogP contribution in [0.5, 0.6) is 0 Å². The molecule has 1 aliphatic rings. The van der Waals surface area contributed by atoms with Crippen LogP contribution in [-0.4, -0.2) is 31.4 Å². The molecule has 0 aliphatic heterocycles. The maximum Gasteiger partial charge on any atom is 0.211 e. The Morgan fingerprint density at radius 2 is 2.12 bits per heavy atom. The third kappa shape index (κ3) is 5.36. The van der Waals surface area contributed by atoms with Gasteiger partial charge in [0.1, 0.15) is 0 Å². The highest BCUT2D eigenvalue weighted by atomic mass is 32.2. The van der Waals surface area contributed by atoms with Gasteiger partial charge in [-0.15, -0.1) is 0 Å². The van der Waals surface area contributed by atoms with Gasteiger partial charge in [0, 0.05) is 6.54 Å². The second-order valence-electron chi connectivity index (χ2n) is 5.92. The molecule has 0 spiro atoms. The van der Waals surface area contributed by atoms with Gasteiger partial charge in [-0.2, -0.15) is 0 Å². The minimum atomic E-state index is -3.25.